The molecule has 9 nitrogen and oxygen atoms in total. The van der Waals surface area contributed by atoms with Gasteiger partial charge in [-0.15, -0.1) is 0 Å². The van der Waals surface area contributed by atoms with Gasteiger partial charge in [-0.3, -0.25) is 13.9 Å². The number of amides is 2. The van der Waals surface area contributed by atoms with Crippen LogP contribution in [0.3, 0.4) is 0 Å². The molecule has 10 heteroatoms. The number of anilines is 2. The monoisotopic (exact) mass is 486 g/mol. The highest BCUT2D eigenvalue weighted by Gasteiger charge is 2.25. The second kappa shape index (κ2) is 9.63. The normalized spacial score (nSPS) is 15.8. The van der Waals surface area contributed by atoms with E-state index in [2.05, 4.69) is 16.7 Å². The molecule has 2 amide bonds. The molecule has 0 saturated carbocycles. The molecule has 2 N–H and O–H groups in total. The molecule has 0 fully saturated rings. The van der Waals surface area contributed by atoms with Crippen LogP contribution < -0.4 is 19.7 Å². The minimum atomic E-state index is -3.43. The molecular formula is C24H30N4O5S. The van der Waals surface area contributed by atoms with Crippen molar-refractivity contribution >= 4 is 33.2 Å². The number of sulfonamides is 1. The third kappa shape index (κ3) is 5.18. The third-order valence-electron chi connectivity index (χ3n) is 6.20. The van der Waals surface area contributed by atoms with Gasteiger partial charge in [-0.2, -0.15) is 0 Å². The second-order valence-corrected chi connectivity index (χ2v) is 10.8. The van der Waals surface area contributed by atoms with E-state index < -0.39 is 21.8 Å². The van der Waals surface area contributed by atoms with Crippen LogP contribution >= 0.6 is 0 Å². The number of benzene rings is 2. The lowest BCUT2D eigenvalue weighted by Gasteiger charge is -2.29. The Bertz CT molecular complexity index is 1210. The fraction of sp³-hybridized carbons (Fsp3) is 0.417. The van der Waals surface area contributed by atoms with Gasteiger partial charge >= 0.3 is 11.8 Å². The maximum atomic E-state index is 12.5. The minimum Gasteiger partial charge on any atom is -0.493 e. The van der Waals surface area contributed by atoms with E-state index in [0.29, 0.717) is 24.5 Å². The van der Waals surface area contributed by atoms with Crippen LogP contribution in [0.1, 0.15) is 29.2 Å². The molecular weight excluding hydrogens is 456 g/mol. The molecule has 0 bridgehead atoms. The summed E-state index contributed by atoms with van der Waals surface area (Å²) in [6, 6.07) is 11.0. The summed E-state index contributed by atoms with van der Waals surface area (Å²) in [5.74, 6) is -0.667. The van der Waals surface area contributed by atoms with E-state index in [4.69, 9.17) is 4.74 Å². The molecule has 2 aromatic rings. The molecule has 0 saturated heterocycles. The summed E-state index contributed by atoms with van der Waals surface area (Å²) in [7, 11) is 0.407. The van der Waals surface area contributed by atoms with E-state index in [0.717, 1.165) is 48.0 Å². The summed E-state index contributed by atoms with van der Waals surface area (Å²) in [5, 5.41) is 5.30. The van der Waals surface area contributed by atoms with E-state index in [-0.39, 0.29) is 12.6 Å². The first kappa shape index (κ1) is 24.0. The van der Waals surface area contributed by atoms with Crippen molar-refractivity contribution in [3.63, 3.8) is 0 Å². The smallest absolute Gasteiger partial charge is 0.313 e. The van der Waals surface area contributed by atoms with Gasteiger partial charge in [0.25, 0.3) is 0 Å². The standard InChI is InChI=1S/C24H30N4O5S/c1-27(2)21(17-7-9-22-18(13-17)10-12-33-22)15-25-23(29)24(30)26-19-8-6-16-5-4-11-28(20(16)14-19)34(3,31)32/h6-9,13-14,21H,4-5,10-12,15H2,1-3H3,(H,25,29)(H,26,30). The molecule has 0 aromatic heterocycles. The fourth-order valence-electron chi connectivity index (χ4n) is 4.43. The molecule has 2 heterocycles. The van der Waals surface area contributed by atoms with Gasteiger partial charge in [0.05, 0.1) is 24.6 Å². The van der Waals surface area contributed by atoms with Crippen molar-refractivity contribution in [2.75, 3.05) is 49.7 Å². The van der Waals surface area contributed by atoms with Crippen molar-refractivity contribution in [2.24, 2.45) is 0 Å². The highest BCUT2D eigenvalue weighted by molar-refractivity contribution is 7.92. The molecule has 2 aromatic carbocycles. The fourth-order valence-corrected chi connectivity index (χ4v) is 5.42. The molecule has 0 radical (unpaired) electrons. The highest BCUT2D eigenvalue weighted by atomic mass is 32.2. The molecule has 1 unspecified atom stereocenters. The van der Waals surface area contributed by atoms with Gasteiger partial charge in [-0.25, -0.2) is 8.42 Å². The van der Waals surface area contributed by atoms with Crippen LogP contribution in [0.15, 0.2) is 36.4 Å². The Morgan fingerprint density at radius 3 is 2.62 bits per heavy atom. The van der Waals surface area contributed by atoms with E-state index >= 15 is 0 Å². The molecule has 0 spiro atoms. The number of likely N-dealkylation sites (N-methyl/N-ethyl adjacent to an activating group) is 1. The number of rotatable bonds is 6. The number of hydrogen-bond donors (Lipinski definition) is 2. The van der Waals surface area contributed by atoms with Gasteiger partial charge in [-0.1, -0.05) is 18.2 Å². The first-order valence-electron chi connectivity index (χ1n) is 11.3. The predicted molar refractivity (Wildman–Crippen MR) is 131 cm³/mol. The van der Waals surface area contributed by atoms with Gasteiger partial charge in [0.2, 0.25) is 10.0 Å². The Hall–Kier alpha value is -3.11. The van der Waals surface area contributed by atoms with Gasteiger partial charge in [-0.05, 0) is 61.8 Å². The van der Waals surface area contributed by atoms with Crippen molar-refractivity contribution in [3.05, 3.63) is 53.1 Å². The van der Waals surface area contributed by atoms with Crippen LogP contribution in [0.2, 0.25) is 0 Å². The average Bonchev–Trinajstić information content (AvgIpc) is 3.25. The van der Waals surface area contributed by atoms with Crippen molar-refractivity contribution in [2.45, 2.75) is 25.3 Å². The Morgan fingerprint density at radius 1 is 1.09 bits per heavy atom. The highest BCUT2D eigenvalue weighted by Crippen LogP contribution is 2.32. The second-order valence-electron chi connectivity index (χ2n) is 8.89. The molecule has 1 atom stereocenters. The Balaban J connectivity index is 1.41. The molecule has 4 rings (SSSR count). The lowest BCUT2D eigenvalue weighted by Crippen LogP contribution is -2.40. The van der Waals surface area contributed by atoms with Crippen LogP contribution in [-0.4, -0.2) is 65.2 Å². The van der Waals surface area contributed by atoms with Crippen LogP contribution in [0.5, 0.6) is 5.75 Å². The number of nitrogens with one attached hydrogen (secondary N) is 2. The van der Waals surface area contributed by atoms with Gasteiger partial charge in [0.15, 0.2) is 0 Å². The van der Waals surface area contributed by atoms with E-state index in [1.54, 1.807) is 18.2 Å². The first-order valence-corrected chi connectivity index (χ1v) is 13.1. The number of aryl methyl sites for hydroxylation is 1. The van der Waals surface area contributed by atoms with Crippen molar-refractivity contribution in [1.82, 2.24) is 10.2 Å². The zero-order valence-corrected chi connectivity index (χ0v) is 20.4. The Kier molecular flexibility index (Phi) is 6.81. The minimum absolute atomic E-state index is 0.116. The largest absolute Gasteiger partial charge is 0.493 e. The van der Waals surface area contributed by atoms with Crippen LogP contribution in [0, 0.1) is 0 Å². The number of ether oxygens (including phenoxy) is 1. The van der Waals surface area contributed by atoms with Crippen LogP contribution in [0.25, 0.3) is 0 Å². The summed E-state index contributed by atoms with van der Waals surface area (Å²) in [6.07, 6.45) is 3.51. The molecule has 2 aliphatic rings. The summed E-state index contributed by atoms with van der Waals surface area (Å²) in [4.78, 5) is 27.1. The summed E-state index contributed by atoms with van der Waals surface area (Å²) < 4.78 is 31.2. The summed E-state index contributed by atoms with van der Waals surface area (Å²) >= 11 is 0. The summed E-state index contributed by atoms with van der Waals surface area (Å²) in [5.41, 5.74) is 3.99. The maximum absolute atomic E-state index is 12.5. The number of fused-ring (bicyclic) bond motifs is 2. The quantitative estimate of drug-likeness (QED) is 0.602. The van der Waals surface area contributed by atoms with Gasteiger partial charge in [0.1, 0.15) is 5.75 Å². The molecule has 34 heavy (non-hydrogen) atoms. The molecule has 182 valence electrons. The van der Waals surface area contributed by atoms with E-state index in [9.17, 15) is 18.0 Å². The number of hydrogen-bond acceptors (Lipinski definition) is 6. The molecule has 0 aliphatic carbocycles. The topological polar surface area (TPSA) is 108 Å². The van der Waals surface area contributed by atoms with E-state index in [1.807, 2.05) is 31.1 Å². The third-order valence-corrected chi connectivity index (χ3v) is 7.38. The van der Waals surface area contributed by atoms with E-state index in [1.165, 1.54) is 4.31 Å². The van der Waals surface area contributed by atoms with Crippen LogP contribution in [-0.2, 0) is 32.5 Å². The average molecular weight is 487 g/mol. The Morgan fingerprint density at radius 2 is 1.88 bits per heavy atom. The number of carbonyl (C=O) groups is 2. The first-order chi connectivity index (χ1) is 16.1. The Labute approximate surface area is 200 Å². The SMILES string of the molecule is CN(C)C(CNC(=O)C(=O)Nc1ccc2c(c1)N(S(C)(=O)=O)CCC2)c1ccc2c(c1)CCO2. The van der Waals surface area contributed by atoms with Gasteiger partial charge in [0, 0.05) is 25.2 Å². The zero-order chi connectivity index (χ0) is 24.5. The van der Waals surface area contributed by atoms with Crippen LogP contribution in [0.4, 0.5) is 11.4 Å². The van der Waals surface area contributed by atoms with Crippen molar-refractivity contribution in [3.8, 4) is 5.75 Å². The zero-order valence-electron chi connectivity index (χ0n) is 19.6. The number of carbonyl (C=O) groups excluding carboxylic acids is 2. The summed E-state index contributed by atoms with van der Waals surface area (Å²) in [6.45, 7) is 1.32. The van der Waals surface area contributed by atoms with Crippen molar-refractivity contribution in [1.29, 1.82) is 0 Å². The predicted octanol–water partition coefficient (Wildman–Crippen LogP) is 1.69. The van der Waals surface area contributed by atoms with Crippen molar-refractivity contribution < 1.29 is 22.7 Å². The molecule has 2 aliphatic heterocycles. The lowest BCUT2D eigenvalue weighted by molar-refractivity contribution is -0.136. The number of nitrogens with zero attached hydrogens (tertiary/aromatic N) is 2. The maximum Gasteiger partial charge on any atom is 0.313 e. The van der Waals surface area contributed by atoms with Gasteiger partial charge < -0.3 is 20.3 Å². The lowest BCUT2D eigenvalue weighted by atomic mass is 10.0.